The Hall–Kier alpha value is -3.52. The molecule has 0 aliphatic heterocycles. The summed E-state index contributed by atoms with van der Waals surface area (Å²) in [7, 11) is 0. The molecule has 14 heteroatoms. The number of amides is 4. The lowest BCUT2D eigenvalue weighted by Gasteiger charge is -2.20. The Bertz CT molecular complexity index is 737. The molecule has 0 spiro atoms. The van der Waals surface area contributed by atoms with E-state index in [-0.39, 0.29) is 6.42 Å². The summed E-state index contributed by atoms with van der Waals surface area (Å²) in [6, 6.07) is -4.02. The summed E-state index contributed by atoms with van der Waals surface area (Å²) in [6.45, 7) is -1.40. The van der Waals surface area contributed by atoms with Crippen LogP contribution in [-0.4, -0.2) is 81.1 Å². The second-order valence-corrected chi connectivity index (χ2v) is 5.98. The first-order chi connectivity index (χ1) is 13.6. The average molecular weight is 413 g/mol. The molecule has 14 nitrogen and oxygen atoms in total. The van der Waals surface area contributed by atoms with Crippen LogP contribution in [0.5, 0.6) is 0 Å². The van der Waals surface area contributed by atoms with Crippen LogP contribution in [-0.2, 0) is 30.4 Å². The van der Waals surface area contributed by atoms with Gasteiger partial charge in [0.25, 0.3) is 0 Å². The number of rotatable bonds is 12. The van der Waals surface area contributed by atoms with Crippen LogP contribution in [0.15, 0.2) is 12.5 Å². The molecule has 1 aromatic rings. The van der Waals surface area contributed by atoms with Gasteiger partial charge in [0.2, 0.25) is 23.6 Å². The largest absolute Gasteiger partial charge is 0.480 e. The SMILES string of the molecule is NC(=O)CC(N)C(=O)NCC(=O)NC(Cc1cnc[nH]1)C(=O)NC(CO)C(=O)O. The molecule has 0 saturated carbocycles. The van der Waals surface area contributed by atoms with Crippen LogP contribution in [0.3, 0.4) is 0 Å². The second-order valence-electron chi connectivity index (χ2n) is 5.98. The molecule has 0 bridgehead atoms. The van der Waals surface area contributed by atoms with E-state index in [0.717, 1.165) is 0 Å². The minimum Gasteiger partial charge on any atom is -0.480 e. The number of carbonyl (C=O) groups is 5. The Balaban J connectivity index is 2.71. The van der Waals surface area contributed by atoms with Crippen LogP contribution in [0.2, 0.25) is 0 Å². The van der Waals surface area contributed by atoms with Gasteiger partial charge in [0.15, 0.2) is 0 Å². The number of nitrogens with one attached hydrogen (secondary N) is 4. The zero-order chi connectivity index (χ0) is 22.0. The predicted molar refractivity (Wildman–Crippen MR) is 95.7 cm³/mol. The van der Waals surface area contributed by atoms with Gasteiger partial charge in [-0.3, -0.25) is 19.2 Å². The van der Waals surface area contributed by atoms with Crippen molar-refractivity contribution in [3.63, 3.8) is 0 Å². The smallest absolute Gasteiger partial charge is 0.328 e. The third-order valence-corrected chi connectivity index (χ3v) is 3.61. The summed E-state index contributed by atoms with van der Waals surface area (Å²) in [5.74, 6) is -4.68. The monoisotopic (exact) mass is 413 g/mol. The molecule has 3 atom stereocenters. The van der Waals surface area contributed by atoms with Crippen molar-refractivity contribution in [2.45, 2.75) is 31.0 Å². The van der Waals surface area contributed by atoms with Crippen LogP contribution in [0.4, 0.5) is 0 Å². The highest BCUT2D eigenvalue weighted by atomic mass is 16.4. The quantitative estimate of drug-likeness (QED) is 0.164. The van der Waals surface area contributed by atoms with Gasteiger partial charge in [0.05, 0.1) is 31.9 Å². The third kappa shape index (κ3) is 8.35. The van der Waals surface area contributed by atoms with Crippen molar-refractivity contribution in [3.8, 4) is 0 Å². The number of aliphatic carboxylic acids is 1. The number of aromatic amines is 1. The molecule has 0 aromatic carbocycles. The number of aliphatic hydroxyl groups excluding tert-OH is 1. The zero-order valence-corrected chi connectivity index (χ0v) is 15.3. The first-order valence-electron chi connectivity index (χ1n) is 8.36. The Morgan fingerprint density at radius 2 is 1.83 bits per heavy atom. The highest BCUT2D eigenvalue weighted by Gasteiger charge is 2.27. The number of aliphatic hydroxyl groups is 1. The number of hydrogen-bond acceptors (Lipinski definition) is 8. The van der Waals surface area contributed by atoms with E-state index in [9.17, 15) is 24.0 Å². The Labute approximate surface area is 164 Å². The first kappa shape index (κ1) is 23.5. The van der Waals surface area contributed by atoms with Gasteiger partial charge >= 0.3 is 5.97 Å². The molecule has 0 aliphatic carbocycles. The minimum atomic E-state index is -1.56. The highest BCUT2D eigenvalue weighted by Crippen LogP contribution is 2.00. The number of imidazole rings is 1. The van der Waals surface area contributed by atoms with Gasteiger partial charge in [-0.1, -0.05) is 0 Å². The number of carboxylic acid groups (broad SMARTS) is 1. The van der Waals surface area contributed by atoms with Gasteiger partial charge in [-0.25, -0.2) is 9.78 Å². The number of carbonyl (C=O) groups excluding carboxylic acids is 4. The average Bonchev–Trinajstić information content (AvgIpc) is 3.15. The molecular weight excluding hydrogens is 390 g/mol. The molecule has 0 radical (unpaired) electrons. The van der Waals surface area contributed by atoms with Crippen LogP contribution in [0.25, 0.3) is 0 Å². The Kier molecular flexibility index (Phi) is 9.21. The maximum absolute atomic E-state index is 12.4. The van der Waals surface area contributed by atoms with Crippen molar-refractivity contribution in [1.29, 1.82) is 0 Å². The molecular formula is C15H23N7O7. The summed E-state index contributed by atoms with van der Waals surface area (Å²) in [4.78, 5) is 64.4. The van der Waals surface area contributed by atoms with Crippen LogP contribution in [0.1, 0.15) is 12.1 Å². The molecule has 0 fully saturated rings. The topological polar surface area (TPSA) is 243 Å². The van der Waals surface area contributed by atoms with Crippen LogP contribution >= 0.6 is 0 Å². The van der Waals surface area contributed by atoms with Crippen molar-refractivity contribution in [1.82, 2.24) is 25.9 Å². The predicted octanol–water partition coefficient (Wildman–Crippen LogP) is -4.68. The second kappa shape index (κ2) is 11.4. The summed E-state index contributed by atoms with van der Waals surface area (Å²) >= 11 is 0. The lowest BCUT2D eigenvalue weighted by molar-refractivity contribution is -0.143. The lowest BCUT2D eigenvalue weighted by atomic mass is 10.1. The van der Waals surface area contributed by atoms with E-state index in [4.69, 9.17) is 21.7 Å². The van der Waals surface area contributed by atoms with Gasteiger partial charge in [-0.2, -0.15) is 0 Å². The molecule has 1 rings (SSSR count). The molecule has 1 aromatic heterocycles. The van der Waals surface area contributed by atoms with Crippen molar-refractivity contribution in [3.05, 3.63) is 18.2 Å². The van der Waals surface area contributed by atoms with Crippen molar-refractivity contribution < 1.29 is 34.2 Å². The van der Waals surface area contributed by atoms with Gasteiger partial charge in [0, 0.05) is 18.3 Å². The molecule has 0 aliphatic rings. The van der Waals surface area contributed by atoms with E-state index in [1.165, 1.54) is 12.5 Å². The molecule has 1 heterocycles. The fourth-order valence-corrected chi connectivity index (χ4v) is 2.14. The molecule has 160 valence electrons. The van der Waals surface area contributed by atoms with E-state index >= 15 is 0 Å². The number of primary amides is 1. The Morgan fingerprint density at radius 1 is 1.14 bits per heavy atom. The fraction of sp³-hybridized carbons (Fsp3) is 0.467. The lowest BCUT2D eigenvalue weighted by Crippen LogP contribution is -2.55. The van der Waals surface area contributed by atoms with Crippen molar-refractivity contribution in [2.24, 2.45) is 11.5 Å². The Morgan fingerprint density at radius 3 is 2.34 bits per heavy atom. The standard InChI is InChI=1S/C15H23N7O7/c16-8(2-11(17)24)13(26)19-4-12(25)21-9(1-7-3-18-6-20-7)14(27)22-10(5-23)15(28)29/h3,6,8-10,23H,1-2,4-5,16H2,(H2,17,24)(H,18,20)(H,19,26)(H,21,25)(H,22,27)(H,28,29). The van der Waals surface area contributed by atoms with Gasteiger partial charge < -0.3 is 42.6 Å². The van der Waals surface area contributed by atoms with Gasteiger partial charge in [-0.05, 0) is 0 Å². The number of nitrogens with two attached hydrogens (primary N) is 2. The van der Waals surface area contributed by atoms with E-state index in [2.05, 4.69) is 25.9 Å². The first-order valence-corrected chi connectivity index (χ1v) is 8.36. The van der Waals surface area contributed by atoms with Crippen LogP contribution < -0.4 is 27.4 Å². The number of nitrogens with zero attached hydrogens (tertiary/aromatic N) is 1. The molecule has 0 saturated heterocycles. The number of H-pyrrole nitrogens is 1. The summed E-state index contributed by atoms with van der Waals surface area (Å²) in [5.41, 5.74) is 10.8. The highest BCUT2D eigenvalue weighted by molar-refractivity contribution is 5.93. The fourth-order valence-electron chi connectivity index (χ4n) is 2.14. The molecule has 29 heavy (non-hydrogen) atoms. The molecule has 10 N–H and O–H groups in total. The maximum Gasteiger partial charge on any atom is 0.328 e. The van der Waals surface area contributed by atoms with E-state index in [0.29, 0.717) is 5.69 Å². The van der Waals surface area contributed by atoms with Crippen molar-refractivity contribution >= 4 is 29.6 Å². The minimum absolute atomic E-state index is 0.0650. The van der Waals surface area contributed by atoms with Crippen LogP contribution in [0, 0.1) is 0 Å². The summed E-state index contributed by atoms with van der Waals surface area (Å²) in [6.07, 6.45) is 2.28. The normalized spacial score (nSPS) is 13.6. The van der Waals surface area contributed by atoms with Gasteiger partial charge in [0.1, 0.15) is 12.1 Å². The zero-order valence-electron chi connectivity index (χ0n) is 15.3. The van der Waals surface area contributed by atoms with E-state index < -0.39 is 67.3 Å². The van der Waals surface area contributed by atoms with E-state index in [1.54, 1.807) is 0 Å². The summed E-state index contributed by atoms with van der Waals surface area (Å²) < 4.78 is 0. The number of carboxylic acids is 1. The molecule has 3 unspecified atom stereocenters. The number of aromatic nitrogens is 2. The third-order valence-electron chi connectivity index (χ3n) is 3.61. The van der Waals surface area contributed by atoms with Crippen molar-refractivity contribution in [2.75, 3.05) is 13.2 Å². The van der Waals surface area contributed by atoms with Gasteiger partial charge in [-0.15, -0.1) is 0 Å². The maximum atomic E-state index is 12.4. The number of hydrogen-bond donors (Lipinski definition) is 8. The van der Waals surface area contributed by atoms with E-state index in [1.807, 2.05) is 0 Å². The molecule has 4 amide bonds. The summed E-state index contributed by atoms with van der Waals surface area (Å²) in [5, 5.41) is 24.6.